The summed E-state index contributed by atoms with van der Waals surface area (Å²) in [7, 11) is 1.34. The topological polar surface area (TPSA) is 77.8 Å². The molecule has 0 atom stereocenters. The third-order valence-corrected chi connectivity index (χ3v) is 5.12. The van der Waals surface area contributed by atoms with E-state index in [-0.39, 0.29) is 5.76 Å². The largest absolute Gasteiger partial charge is 0.465 e. The summed E-state index contributed by atoms with van der Waals surface area (Å²) in [6.45, 7) is 3.76. The van der Waals surface area contributed by atoms with Crippen molar-refractivity contribution >= 4 is 29.7 Å². The summed E-state index contributed by atoms with van der Waals surface area (Å²) < 4.78 is 12.0. The number of carbonyl (C=O) groups excluding carboxylic acids is 3. The molecule has 0 radical (unpaired) electrons. The molecule has 1 fully saturated rings. The van der Waals surface area contributed by atoms with Crippen molar-refractivity contribution in [3.05, 3.63) is 88.9 Å². The van der Waals surface area contributed by atoms with E-state index in [9.17, 15) is 14.4 Å². The normalized spacial score (nSPS) is 14.8. The van der Waals surface area contributed by atoms with E-state index in [1.54, 1.807) is 48.5 Å². The van der Waals surface area contributed by atoms with Crippen LogP contribution in [0, 0.1) is 13.8 Å². The highest BCUT2D eigenvalue weighted by Crippen LogP contribution is 2.29. The molecule has 31 heavy (non-hydrogen) atoms. The van der Waals surface area contributed by atoms with Crippen LogP contribution in [0.15, 0.2) is 66.4 Å². The molecule has 0 aliphatic carbocycles. The number of amides is 2. The van der Waals surface area contributed by atoms with E-state index >= 15 is 0 Å². The van der Waals surface area contributed by atoms with E-state index in [1.165, 1.54) is 7.11 Å². The van der Waals surface area contributed by atoms with Gasteiger partial charge in [0.15, 0.2) is 5.76 Å². The minimum atomic E-state index is -0.743. The van der Waals surface area contributed by atoms with Crippen LogP contribution in [-0.2, 0) is 14.3 Å². The summed E-state index contributed by atoms with van der Waals surface area (Å²) in [5.41, 5.74) is 3.85. The van der Waals surface area contributed by atoms with E-state index in [2.05, 4.69) is 0 Å². The number of nitrogens with zero attached hydrogens (tertiary/aromatic N) is 2. The molecule has 3 aromatic rings. The number of carbonyl (C=O) groups is 3. The molecule has 4 rings (SSSR count). The second-order valence-corrected chi connectivity index (χ2v) is 7.02. The number of hydrogen-bond donors (Lipinski definition) is 0. The maximum atomic E-state index is 12.8. The van der Waals surface area contributed by atoms with Crippen molar-refractivity contribution in [2.24, 2.45) is 0 Å². The van der Waals surface area contributed by atoms with Crippen LogP contribution in [0.5, 0.6) is 0 Å². The van der Waals surface area contributed by atoms with Gasteiger partial charge >= 0.3 is 18.0 Å². The number of anilines is 1. The zero-order chi connectivity index (χ0) is 22.1. The van der Waals surface area contributed by atoms with E-state index in [0.717, 1.165) is 16.3 Å². The van der Waals surface area contributed by atoms with Crippen molar-refractivity contribution in [2.45, 2.75) is 13.8 Å². The number of aryl methyl sites for hydroxylation is 1. The first-order valence-electron chi connectivity index (χ1n) is 9.62. The number of methoxy groups -OCH3 is 1. The van der Waals surface area contributed by atoms with Crippen LogP contribution in [0.2, 0.25) is 0 Å². The number of benzene rings is 2. The molecule has 2 aromatic carbocycles. The highest BCUT2D eigenvalue weighted by molar-refractivity contribution is 6.24. The average Bonchev–Trinajstić information content (AvgIpc) is 3.22. The summed E-state index contributed by atoms with van der Waals surface area (Å²) in [5.74, 6) is -1.03. The van der Waals surface area contributed by atoms with Crippen molar-refractivity contribution in [1.29, 1.82) is 0 Å². The molecule has 1 aromatic heterocycles. The van der Waals surface area contributed by atoms with E-state index in [1.807, 2.05) is 36.6 Å². The minimum absolute atomic E-state index is 0.0599. The van der Waals surface area contributed by atoms with Crippen molar-refractivity contribution < 1.29 is 23.9 Å². The highest BCUT2D eigenvalue weighted by atomic mass is 16.6. The van der Waals surface area contributed by atoms with Gasteiger partial charge in [0.1, 0.15) is 0 Å². The van der Waals surface area contributed by atoms with Gasteiger partial charge in [-0.25, -0.2) is 14.5 Å². The molecular formula is C24H20N2O5. The molecule has 0 spiro atoms. The van der Waals surface area contributed by atoms with Crippen molar-refractivity contribution in [1.82, 2.24) is 4.57 Å². The molecule has 0 unspecified atom stereocenters. The number of cyclic esters (lactones) is 1. The van der Waals surface area contributed by atoms with Crippen molar-refractivity contribution in [3.63, 3.8) is 0 Å². The Kier molecular flexibility index (Phi) is 5.17. The van der Waals surface area contributed by atoms with Crippen LogP contribution >= 0.6 is 0 Å². The first-order chi connectivity index (χ1) is 14.9. The fourth-order valence-electron chi connectivity index (χ4n) is 3.66. The fourth-order valence-corrected chi connectivity index (χ4v) is 3.66. The van der Waals surface area contributed by atoms with Crippen LogP contribution in [0.25, 0.3) is 11.8 Å². The van der Waals surface area contributed by atoms with Crippen LogP contribution in [0.4, 0.5) is 10.5 Å². The lowest BCUT2D eigenvalue weighted by Gasteiger charge is -2.13. The Hall–Kier alpha value is -4.13. The third-order valence-electron chi connectivity index (χ3n) is 5.12. The van der Waals surface area contributed by atoms with Gasteiger partial charge in [-0.1, -0.05) is 30.3 Å². The molecule has 1 saturated heterocycles. The summed E-state index contributed by atoms with van der Waals surface area (Å²) in [5, 5.41) is 0. The van der Waals surface area contributed by atoms with Gasteiger partial charge in [0, 0.05) is 11.4 Å². The summed E-state index contributed by atoms with van der Waals surface area (Å²) >= 11 is 0. The standard InChI is InChI=1S/C24H20N2O5/c1-15-13-17(16(2)25(15)20-12-8-7-11-19(20)23(28)30-3)14-21-22(27)26(24(29)31-21)18-9-5-4-6-10-18/h4-14H,1-3H3/b21-14+. The average molecular weight is 416 g/mol. The van der Waals surface area contributed by atoms with Gasteiger partial charge in [-0.3, -0.25) is 4.79 Å². The number of hydrogen-bond acceptors (Lipinski definition) is 5. The maximum Gasteiger partial charge on any atom is 0.427 e. The van der Waals surface area contributed by atoms with Gasteiger partial charge in [-0.05, 0) is 55.8 Å². The molecule has 2 heterocycles. The van der Waals surface area contributed by atoms with Crippen LogP contribution in [0.1, 0.15) is 27.3 Å². The predicted octanol–water partition coefficient (Wildman–Crippen LogP) is 4.41. The van der Waals surface area contributed by atoms with Crippen LogP contribution in [0.3, 0.4) is 0 Å². The molecule has 0 N–H and O–H groups in total. The zero-order valence-corrected chi connectivity index (χ0v) is 17.3. The number of imide groups is 1. The zero-order valence-electron chi connectivity index (χ0n) is 17.3. The first kappa shape index (κ1) is 20.2. The smallest absolute Gasteiger partial charge is 0.427 e. The number of ether oxygens (including phenoxy) is 2. The lowest BCUT2D eigenvalue weighted by molar-refractivity contribution is -0.114. The highest BCUT2D eigenvalue weighted by Gasteiger charge is 2.37. The van der Waals surface area contributed by atoms with Gasteiger partial charge in [0.25, 0.3) is 0 Å². The monoisotopic (exact) mass is 416 g/mol. The van der Waals surface area contributed by atoms with Crippen molar-refractivity contribution in [3.8, 4) is 5.69 Å². The summed E-state index contributed by atoms with van der Waals surface area (Å²) in [4.78, 5) is 38.3. The third kappa shape index (κ3) is 3.50. The Morgan fingerprint density at radius 2 is 1.68 bits per heavy atom. The Bertz CT molecular complexity index is 1220. The number of para-hydroxylation sites is 2. The Morgan fingerprint density at radius 3 is 2.39 bits per heavy atom. The molecule has 0 saturated carbocycles. The molecule has 7 nitrogen and oxygen atoms in total. The second kappa shape index (κ2) is 7.95. The second-order valence-electron chi connectivity index (χ2n) is 7.02. The fraction of sp³-hybridized carbons (Fsp3) is 0.125. The van der Waals surface area contributed by atoms with Gasteiger partial charge in [-0.15, -0.1) is 0 Å². The Morgan fingerprint density at radius 1 is 1.00 bits per heavy atom. The van der Waals surface area contributed by atoms with Gasteiger partial charge < -0.3 is 14.0 Å². The lowest BCUT2D eigenvalue weighted by atomic mass is 10.1. The van der Waals surface area contributed by atoms with Crippen LogP contribution in [-0.4, -0.2) is 29.6 Å². The molecular weight excluding hydrogens is 396 g/mol. The van der Waals surface area contributed by atoms with E-state index < -0.39 is 18.0 Å². The predicted molar refractivity (Wildman–Crippen MR) is 115 cm³/mol. The molecule has 7 heteroatoms. The lowest BCUT2D eigenvalue weighted by Crippen LogP contribution is -2.28. The summed E-state index contributed by atoms with van der Waals surface area (Å²) in [6.07, 6.45) is 0.801. The van der Waals surface area contributed by atoms with E-state index in [0.29, 0.717) is 22.5 Å². The molecule has 156 valence electrons. The number of esters is 1. The molecule has 1 aliphatic rings. The Labute approximate surface area is 179 Å². The molecule has 2 amide bonds. The Balaban J connectivity index is 1.74. The van der Waals surface area contributed by atoms with Gasteiger partial charge in [0.2, 0.25) is 0 Å². The van der Waals surface area contributed by atoms with E-state index in [4.69, 9.17) is 9.47 Å². The quantitative estimate of drug-likeness (QED) is 0.465. The number of aromatic nitrogens is 1. The maximum absolute atomic E-state index is 12.8. The SMILES string of the molecule is COC(=O)c1ccccc1-n1c(C)cc(/C=C2/OC(=O)N(c3ccccc3)C2=O)c1C. The van der Waals surface area contributed by atoms with Crippen molar-refractivity contribution in [2.75, 3.05) is 12.0 Å². The molecule has 0 bridgehead atoms. The first-order valence-corrected chi connectivity index (χ1v) is 9.62. The van der Waals surface area contributed by atoms with Crippen LogP contribution < -0.4 is 4.90 Å². The van der Waals surface area contributed by atoms with Gasteiger partial charge in [-0.2, -0.15) is 0 Å². The molecule has 1 aliphatic heterocycles. The number of rotatable bonds is 4. The minimum Gasteiger partial charge on any atom is -0.465 e. The summed E-state index contributed by atoms with van der Waals surface area (Å²) in [6, 6.07) is 17.6. The van der Waals surface area contributed by atoms with Gasteiger partial charge in [0.05, 0.1) is 24.0 Å².